The van der Waals surface area contributed by atoms with Crippen LogP contribution >= 0.6 is 11.8 Å². The van der Waals surface area contributed by atoms with Gasteiger partial charge in [0.15, 0.2) is 0 Å². The van der Waals surface area contributed by atoms with Crippen molar-refractivity contribution in [1.82, 2.24) is 9.80 Å². The third-order valence-electron chi connectivity index (χ3n) is 3.77. The summed E-state index contributed by atoms with van der Waals surface area (Å²) >= 11 is 1.68. The van der Waals surface area contributed by atoms with E-state index in [0.29, 0.717) is 18.9 Å². The summed E-state index contributed by atoms with van der Waals surface area (Å²) in [6, 6.07) is -0.739. The van der Waals surface area contributed by atoms with E-state index in [4.69, 9.17) is 0 Å². The van der Waals surface area contributed by atoms with Gasteiger partial charge < -0.3 is 14.9 Å². The Hall–Kier alpha value is -0.910. The lowest BCUT2D eigenvalue weighted by Gasteiger charge is -2.39. The van der Waals surface area contributed by atoms with Gasteiger partial charge >= 0.3 is 12.0 Å². The Bertz CT molecular complexity index is 338. The normalized spacial score (nSPS) is 24.9. The number of carbonyl (C=O) groups is 2. The molecule has 0 aromatic heterocycles. The van der Waals surface area contributed by atoms with E-state index in [1.807, 2.05) is 20.1 Å². The van der Waals surface area contributed by atoms with E-state index in [-0.39, 0.29) is 12.1 Å². The maximum Gasteiger partial charge on any atom is 0.326 e. The lowest BCUT2D eigenvalue weighted by atomic mass is 9.92. The Morgan fingerprint density at radius 2 is 2.16 bits per heavy atom. The van der Waals surface area contributed by atoms with Crippen LogP contribution in [0.1, 0.15) is 26.7 Å². The van der Waals surface area contributed by atoms with Crippen LogP contribution < -0.4 is 0 Å². The van der Waals surface area contributed by atoms with E-state index in [1.165, 1.54) is 4.90 Å². The molecule has 2 amide bonds. The molecule has 1 N–H and O–H groups in total. The highest BCUT2D eigenvalue weighted by Crippen LogP contribution is 2.24. The molecule has 6 heteroatoms. The molecular weight excluding hydrogens is 264 g/mol. The van der Waals surface area contributed by atoms with Crippen LogP contribution in [0.2, 0.25) is 0 Å². The van der Waals surface area contributed by atoms with Crippen LogP contribution in [0.5, 0.6) is 0 Å². The van der Waals surface area contributed by atoms with Crippen molar-refractivity contribution in [2.24, 2.45) is 5.92 Å². The molecule has 0 aromatic carbocycles. The van der Waals surface area contributed by atoms with Gasteiger partial charge in [0.25, 0.3) is 0 Å². The summed E-state index contributed by atoms with van der Waals surface area (Å²) in [6.45, 7) is 4.56. The van der Waals surface area contributed by atoms with E-state index in [0.717, 1.165) is 12.2 Å². The molecule has 19 heavy (non-hydrogen) atoms. The maximum absolute atomic E-state index is 12.4. The molecule has 3 unspecified atom stereocenters. The molecule has 110 valence electrons. The number of rotatable bonds is 4. The number of piperidine rings is 1. The summed E-state index contributed by atoms with van der Waals surface area (Å²) in [5.41, 5.74) is 0. The predicted octanol–water partition coefficient (Wildman–Crippen LogP) is 1.97. The van der Waals surface area contributed by atoms with Gasteiger partial charge in [-0.05, 0) is 31.9 Å². The minimum Gasteiger partial charge on any atom is -0.480 e. The van der Waals surface area contributed by atoms with Gasteiger partial charge in [0.1, 0.15) is 6.04 Å². The summed E-state index contributed by atoms with van der Waals surface area (Å²) < 4.78 is 0. The number of aliphatic carboxylic acids is 1. The molecule has 0 spiro atoms. The lowest BCUT2D eigenvalue weighted by Crippen LogP contribution is -2.55. The third-order valence-corrected chi connectivity index (χ3v) is 4.58. The molecule has 5 nitrogen and oxygen atoms in total. The first-order valence-electron chi connectivity index (χ1n) is 6.63. The highest BCUT2D eigenvalue weighted by molar-refractivity contribution is 7.98. The monoisotopic (exact) mass is 288 g/mol. The largest absolute Gasteiger partial charge is 0.480 e. The topological polar surface area (TPSA) is 60.9 Å². The highest BCUT2D eigenvalue weighted by Gasteiger charge is 2.36. The molecule has 1 aliphatic heterocycles. The van der Waals surface area contributed by atoms with E-state index < -0.39 is 12.0 Å². The van der Waals surface area contributed by atoms with Crippen LogP contribution in [0.4, 0.5) is 4.79 Å². The fourth-order valence-corrected chi connectivity index (χ4v) is 3.05. The van der Waals surface area contributed by atoms with Crippen molar-refractivity contribution in [2.45, 2.75) is 38.8 Å². The molecule has 0 radical (unpaired) electrons. The minimum atomic E-state index is -0.897. The number of amides is 2. The SMILES string of the molecule is CSCC(C)N(C)C(=O)N1CCC(C)CC1C(=O)O. The van der Waals surface area contributed by atoms with Crippen molar-refractivity contribution in [1.29, 1.82) is 0 Å². The molecule has 0 saturated carbocycles. The first-order chi connectivity index (χ1) is 8.88. The van der Waals surface area contributed by atoms with Gasteiger partial charge in [0.05, 0.1) is 0 Å². The fraction of sp³-hybridized carbons (Fsp3) is 0.846. The van der Waals surface area contributed by atoms with Crippen molar-refractivity contribution in [3.63, 3.8) is 0 Å². The summed E-state index contributed by atoms with van der Waals surface area (Å²) in [5.74, 6) is 0.314. The standard InChI is InChI=1S/C13H24N2O3S/c1-9-5-6-15(11(7-9)12(16)17)13(18)14(3)10(2)8-19-4/h9-11H,5-8H2,1-4H3,(H,16,17). The number of hydrogen-bond acceptors (Lipinski definition) is 3. The van der Waals surface area contributed by atoms with Gasteiger partial charge in [-0.2, -0.15) is 11.8 Å². The lowest BCUT2D eigenvalue weighted by molar-refractivity contribution is -0.144. The van der Waals surface area contributed by atoms with Gasteiger partial charge in [-0.3, -0.25) is 0 Å². The number of carboxylic acid groups (broad SMARTS) is 1. The molecular formula is C13H24N2O3S. The molecule has 1 heterocycles. The van der Waals surface area contributed by atoms with Crippen LogP contribution in [0.25, 0.3) is 0 Å². The number of carboxylic acids is 1. The zero-order chi connectivity index (χ0) is 14.6. The Balaban J connectivity index is 2.75. The molecule has 0 aromatic rings. The van der Waals surface area contributed by atoms with Crippen molar-refractivity contribution >= 4 is 23.8 Å². The van der Waals surface area contributed by atoms with Crippen LogP contribution in [-0.4, -0.2) is 64.6 Å². The van der Waals surface area contributed by atoms with Gasteiger partial charge in [-0.25, -0.2) is 9.59 Å². The van der Waals surface area contributed by atoms with Gasteiger partial charge in [-0.1, -0.05) is 6.92 Å². The van der Waals surface area contributed by atoms with E-state index >= 15 is 0 Å². The maximum atomic E-state index is 12.4. The Morgan fingerprint density at radius 1 is 1.53 bits per heavy atom. The summed E-state index contributed by atoms with van der Waals surface area (Å²) in [7, 11) is 1.75. The number of hydrogen-bond donors (Lipinski definition) is 1. The molecule has 1 fully saturated rings. The van der Waals surface area contributed by atoms with Crippen LogP contribution in [0.15, 0.2) is 0 Å². The third kappa shape index (κ3) is 4.03. The summed E-state index contributed by atoms with van der Waals surface area (Å²) in [6.07, 6.45) is 3.42. The zero-order valence-corrected chi connectivity index (χ0v) is 12.9. The fourth-order valence-electron chi connectivity index (χ4n) is 2.35. The second-order valence-electron chi connectivity index (χ2n) is 5.37. The molecule has 3 atom stereocenters. The van der Waals surface area contributed by atoms with Crippen molar-refractivity contribution in [2.75, 3.05) is 25.6 Å². The average Bonchev–Trinajstić information content (AvgIpc) is 2.37. The van der Waals surface area contributed by atoms with Crippen LogP contribution in [0, 0.1) is 5.92 Å². The Labute approximate surface area is 119 Å². The quantitative estimate of drug-likeness (QED) is 0.859. The summed E-state index contributed by atoms with van der Waals surface area (Å²) in [5, 5.41) is 9.28. The van der Waals surface area contributed by atoms with Gasteiger partial charge in [0.2, 0.25) is 0 Å². The first kappa shape index (κ1) is 16.1. The van der Waals surface area contributed by atoms with Crippen molar-refractivity contribution in [3.8, 4) is 0 Å². The zero-order valence-electron chi connectivity index (χ0n) is 12.1. The smallest absolute Gasteiger partial charge is 0.326 e. The van der Waals surface area contributed by atoms with E-state index in [2.05, 4.69) is 0 Å². The number of nitrogens with zero attached hydrogens (tertiary/aromatic N) is 2. The van der Waals surface area contributed by atoms with Crippen molar-refractivity contribution in [3.05, 3.63) is 0 Å². The number of carbonyl (C=O) groups excluding carboxylic acids is 1. The molecule has 1 rings (SSSR count). The van der Waals surface area contributed by atoms with E-state index in [1.54, 1.807) is 23.7 Å². The van der Waals surface area contributed by atoms with Crippen LogP contribution in [0.3, 0.4) is 0 Å². The summed E-state index contributed by atoms with van der Waals surface area (Å²) in [4.78, 5) is 26.9. The number of thioether (sulfide) groups is 1. The van der Waals surface area contributed by atoms with E-state index in [9.17, 15) is 14.7 Å². The molecule has 0 bridgehead atoms. The second-order valence-corrected chi connectivity index (χ2v) is 6.29. The number of urea groups is 1. The van der Waals surface area contributed by atoms with Crippen molar-refractivity contribution < 1.29 is 14.7 Å². The molecule has 1 saturated heterocycles. The second kappa shape index (κ2) is 7.03. The van der Waals surface area contributed by atoms with Crippen LogP contribution in [-0.2, 0) is 4.79 Å². The molecule has 1 aliphatic rings. The van der Waals surface area contributed by atoms with Gasteiger partial charge in [0, 0.05) is 25.4 Å². The first-order valence-corrected chi connectivity index (χ1v) is 8.03. The Morgan fingerprint density at radius 3 is 2.68 bits per heavy atom. The van der Waals surface area contributed by atoms with Gasteiger partial charge in [-0.15, -0.1) is 0 Å². The highest BCUT2D eigenvalue weighted by atomic mass is 32.2. The average molecular weight is 288 g/mol. The minimum absolute atomic E-state index is 0.108. The predicted molar refractivity (Wildman–Crippen MR) is 77.5 cm³/mol. The number of likely N-dealkylation sites (tertiary alicyclic amines) is 1. The Kier molecular flexibility index (Phi) is 5.97. The molecule has 0 aliphatic carbocycles.